The largest absolute Gasteiger partial charge is 0.490 e. The third-order valence-corrected chi connectivity index (χ3v) is 5.60. The van der Waals surface area contributed by atoms with Crippen molar-refractivity contribution in [2.24, 2.45) is 0 Å². The molecule has 178 valence electrons. The predicted octanol–water partition coefficient (Wildman–Crippen LogP) is 6.35. The molecule has 0 aliphatic rings. The second-order valence-electron chi connectivity index (χ2n) is 8.57. The Morgan fingerprint density at radius 1 is 0.781 bits per heavy atom. The van der Waals surface area contributed by atoms with E-state index in [0.29, 0.717) is 13.2 Å². The summed E-state index contributed by atoms with van der Waals surface area (Å²) in [6.45, 7) is 15.4. The molecular formula is C28H44N2O2. The number of nitrogens with zero attached hydrogens (tertiary/aromatic N) is 1. The van der Waals surface area contributed by atoms with Crippen molar-refractivity contribution in [2.75, 3.05) is 32.8 Å². The molecule has 0 bridgehead atoms. The Morgan fingerprint density at radius 2 is 1.53 bits per heavy atom. The molecule has 0 radical (unpaired) electrons. The smallest absolute Gasteiger partial charge is 0.161 e. The van der Waals surface area contributed by atoms with E-state index in [0.717, 1.165) is 24.6 Å². The van der Waals surface area contributed by atoms with Crippen LogP contribution in [0.5, 0.6) is 11.5 Å². The van der Waals surface area contributed by atoms with Gasteiger partial charge in [-0.05, 0) is 82.5 Å². The molecule has 0 amide bonds. The summed E-state index contributed by atoms with van der Waals surface area (Å²) >= 11 is 0. The third-order valence-electron chi connectivity index (χ3n) is 5.60. The molecule has 0 aliphatic heterocycles. The molecule has 4 heteroatoms. The number of hydrogen-bond donors (Lipinski definition) is 1. The van der Waals surface area contributed by atoms with E-state index in [4.69, 9.17) is 9.47 Å². The van der Waals surface area contributed by atoms with Gasteiger partial charge < -0.3 is 19.7 Å². The maximum atomic E-state index is 6.07. The van der Waals surface area contributed by atoms with Crippen LogP contribution < -0.4 is 14.8 Å². The zero-order valence-electron chi connectivity index (χ0n) is 20.8. The van der Waals surface area contributed by atoms with Crippen LogP contribution in [0.25, 0.3) is 0 Å². The van der Waals surface area contributed by atoms with Gasteiger partial charge >= 0.3 is 0 Å². The van der Waals surface area contributed by atoms with E-state index >= 15 is 0 Å². The molecule has 0 aromatic heterocycles. The van der Waals surface area contributed by atoms with E-state index < -0.39 is 0 Å². The van der Waals surface area contributed by atoms with Gasteiger partial charge in [0.05, 0.1) is 6.61 Å². The molecule has 1 N–H and O–H groups in total. The van der Waals surface area contributed by atoms with E-state index in [9.17, 15) is 0 Å². The van der Waals surface area contributed by atoms with Gasteiger partial charge in [-0.15, -0.1) is 0 Å². The molecule has 0 saturated carbocycles. The second-order valence-corrected chi connectivity index (χ2v) is 8.57. The highest BCUT2D eigenvalue weighted by molar-refractivity contribution is 5.43. The summed E-state index contributed by atoms with van der Waals surface area (Å²) < 4.78 is 11.9. The Morgan fingerprint density at radius 3 is 2.22 bits per heavy atom. The van der Waals surface area contributed by atoms with Crippen molar-refractivity contribution >= 4 is 0 Å². The molecule has 2 aromatic carbocycles. The zero-order valence-corrected chi connectivity index (χ0v) is 20.8. The van der Waals surface area contributed by atoms with E-state index in [1.165, 1.54) is 68.4 Å². The minimum atomic E-state index is 0.548. The number of benzene rings is 2. The van der Waals surface area contributed by atoms with E-state index in [2.05, 4.69) is 67.4 Å². The highest BCUT2D eigenvalue weighted by Crippen LogP contribution is 2.29. The fraction of sp³-hybridized carbons (Fsp3) is 0.571. The highest BCUT2D eigenvalue weighted by Gasteiger charge is 2.08. The van der Waals surface area contributed by atoms with Crippen molar-refractivity contribution in [3.63, 3.8) is 0 Å². The van der Waals surface area contributed by atoms with Crippen molar-refractivity contribution in [2.45, 2.75) is 73.0 Å². The number of aryl methyl sites for hydroxylation is 1. The van der Waals surface area contributed by atoms with Crippen LogP contribution in [0.4, 0.5) is 0 Å². The monoisotopic (exact) mass is 440 g/mol. The Bertz CT molecular complexity index is 755. The Kier molecular flexibility index (Phi) is 12.9. The minimum absolute atomic E-state index is 0.548. The van der Waals surface area contributed by atoms with Crippen molar-refractivity contribution in [3.8, 4) is 11.5 Å². The van der Waals surface area contributed by atoms with Crippen LogP contribution in [0.15, 0.2) is 42.5 Å². The van der Waals surface area contributed by atoms with Gasteiger partial charge in [0.1, 0.15) is 6.61 Å². The van der Waals surface area contributed by atoms with Crippen LogP contribution >= 0.6 is 0 Å². The van der Waals surface area contributed by atoms with Crippen LogP contribution in [-0.2, 0) is 13.2 Å². The van der Waals surface area contributed by atoms with Crippen LogP contribution in [0.3, 0.4) is 0 Å². The molecule has 0 heterocycles. The lowest BCUT2D eigenvalue weighted by Gasteiger charge is -2.22. The fourth-order valence-electron chi connectivity index (χ4n) is 3.77. The number of nitrogens with one attached hydrogen (secondary N) is 1. The summed E-state index contributed by atoms with van der Waals surface area (Å²) in [6, 6.07) is 14.7. The molecule has 0 unspecified atom stereocenters. The first-order chi connectivity index (χ1) is 15.7. The quantitative estimate of drug-likeness (QED) is 0.290. The Labute approximate surface area is 196 Å². The van der Waals surface area contributed by atoms with E-state index in [1.807, 2.05) is 13.0 Å². The van der Waals surface area contributed by atoms with Crippen molar-refractivity contribution in [3.05, 3.63) is 59.2 Å². The molecule has 32 heavy (non-hydrogen) atoms. The molecule has 2 rings (SSSR count). The molecule has 0 spiro atoms. The number of rotatable bonds is 17. The van der Waals surface area contributed by atoms with Crippen molar-refractivity contribution in [1.29, 1.82) is 0 Å². The highest BCUT2D eigenvalue weighted by atomic mass is 16.5. The normalized spacial score (nSPS) is 11.2. The first kappa shape index (κ1) is 26.2. The lowest BCUT2D eigenvalue weighted by Crippen LogP contribution is -2.29. The van der Waals surface area contributed by atoms with Crippen LogP contribution in [0, 0.1) is 6.92 Å². The van der Waals surface area contributed by atoms with Gasteiger partial charge in [0, 0.05) is 6.54 Å². The van der Waals surface area contributed by atoms with Gasteiger partial charge in [-0.25, -0.2) is 0 Å². The van der Waals surface area contributed by atoms with Crippen LogP contribution in [0.1, 0.15) is 69.6 Å². The maximum Gasteiger partial charge on any atom is 0.161 e. The van der Waals surface area contributed by atoms with E-state index in [-0.39, 0.29) is 0 Å². The summed E-state index contributed by atoms with van der Waals surface area (Å²) in [5.41, 5.74) is 3.65. The summed E-state index contributed by atoms with van der Waals surface area (Å²) in [4.78, 5) is 2.63. The second kappa shape index (κ2) is 15.7. The van der Waals surface area contributed by atoms with Gasteiger partial charge in [0.15, 0.2) is 11.5 Å². The molecule has 4 nitrogen and oxygen atoms in total. The van der Waals surface area contributed by atoms with Gasteiger partial charge in [-0.2, -0.15) is 0 Å². The average molecular weight is 441 g/mol. The average Bonchev–Trinajstić information content (AvgIpc) is 2.80. The molecule has 2 aromatic rings. The standard InChI is InChI=1S/C28H44N2O2/c1-5-8-17-30(18-9-6-2)19-11-16-29-22-25-14-15-27(28(21-25)31-7-3)32-23-26-13-10-12-24(4)20-26/h10,12-15,20-21,29H,5-9,11,16-19,22-23H2,1-4H3. The topological polar surface area (TPSA) is 33.7 Å². The SMILES string of the molecule is CCCCN(CCCC)CCCNCc1ccc(OCc2cccc(C)c2)c(OCC)c1. The van der Waals surface area contributed by atoms with Gasteiger partial charge in [0.25, 0.3) is 0 Å². The lowest BCUT2D eigenvalue weighted by atomic mass is 10.1. The maximum absolute atomic E-state index is 6.07. The summed E-state index contributed by atoms with van der Waals surface area (Å²) in [6.07, 6.45) is 6.33. The van der Waals surface area contributed by atoms with Crippen LogP contribution in [0.2, 0.25) is 0 Å². The number of hydrogen-bond acceptors (Lipinski definition) is 4. The fourth-order valence-corrected chi connectivity index (χ4v) is 3.77. The number of unbranched alkanes of at least 4 members (excludes halogenated alkanes) is 2. The summed E-state index contributed by atoms with van der Waals surface area (Å²) in [5.74, 6) is 1.63. The minimum Gasteiger partial charge on any atom is -0.490 e. The zero-order chi connectivity index (χ0) is 23.0. The molecule has 0 aliphatic carbocycles. The van der Waals surface area contributed by atoms with E-state index in [1.54, 1.807) is 0 Å². The molecular weight excluding hydrogens is 396 g/mol. The van der Waals surface area contributed by atoms with Crippen LogP contribution in [-0.4, -0.2) is 37.7 Å². The van der Waals surface area contributed by atoms with Crippen molar-refractivity contribution < 1.29 is 9.47 Å². The first-order valence-corrected chi connectivity index (χ1v) is 12.5. The summed E-state index contributed by atoms with van der Waals surface area (Å²) in [5, 5.41) is 3.60. The molecule has 0 fully saturated rings. The number of ether oxygens (including phenoxy) is 2. The Hall–Kier alpha value is -2.04. The predicted molar refractivity (Wildman–Crippen MR) is 136 cm³/mol. The lowest BCUT2D eigenvalue weighted by molar-refractivity contribution is 0.261. The molecule has 0 atom stereocenters. The van der Waals surface area contributed by atoms with Crippen molar-refractivity contribution in [1.82, 2.24) is 10.2 Å². The first-order valence-electron chi connectivity index (χ1n) is 12.5. The molecule has 0 saturated heterocycles. The summed E-state index contributed by atoms with van der Waals surface area (Å²) in [7, 11) is 0. The third kappa shape index (κ3) is 10.1. The van der Waals surface area contributed by atoms with Gasteiger partial charge in [-0.3, -0.25) is 0 Å². The van der Waals surface area contributed by atoms with Gasteiger partial charge in [0.2, 0.25) is 0 Å². The Balaban J connectivity index is 1.80. The van der Waals surface area contributed by atoms with Gasteiger partial charge in [-0.1, -0.05) is 62.6 Å².